The molecule has 1 fully saturated rings. The molecule has 0 aliphatic carbocycles. The van der Waals surface area contributed by atoms with Gasteiger partial charge in [0.05, 0.1) is 0 Å². The van der Waals surface area contributed by atoms with Gasteiger partial charge in [0, 0.05) is 38.8 Å². The van der Waals surface area contributed by atoms with Gasteiger partial charge < -0.3 is 15.1 Å². The van der Waals surface area contributed by atoms with Crippen LogP contribution < -0.4 is 5.32 Å². The first kappa shape index (κ1) is 12.3. The average Bonchev–Trinajstić information content (AvgIpc) is 2.30. The third-order valence-corrected chi connectivity index (χ3v) is 3.10. The number of urea groups is 1. The Bertz CT molecular complexity index is 202. The molecule has 4 heteroatoms. The molecule has 1 saturated heterocycles. The molecule has 1 atom stereocenters. The van der Waals surface area contributed by atoms with Crippen LogP contribution in [0.4, 0.5) is 4.79 Å². The first-order valence-corrected chi connectivity index (χ1v) is 5.97. The van der Waals surface area contributed by atoms with E-state index in [2.05, 4.69) is 19.2 Å². The molecule has 1 N–H and O–H groups in total. The highest BCUT2D eigenvalue weighted by Gasteiger charge is 2.23. The molecular formula is C11H23N3O. The minimum atomic E-state index is 0.202. The lowest BCUT2D eigenvalue weighted by Gasteiger charge is -2.35. The largest absolute Gasteiger partial charge is 0.322 e. The average molecular weight is 213 g/mol. The SMILES string of the molecule is CCC(C)N(CC)C(=O)N1CCNCC1. The van der Waals surface area contributed by atoms with Crippen LogP contribution in [0, 0.1) is 0 Å². The van der Waals surface area contributed by atoms with E-state index in [4.69, 9.17) is 0 Å². The van der Waals surface area contributed by atoms with Crippen LogP contribution in [0.1, 0.15) is 27.2 Å². The second-order valence-electron chi connectivity index (χ2n) is 4.06. The van der Waals surface area contributed by atoms with E-state index in [0.717, 1.165) is 39.1 Å². The number of piperazine rings is 1. The molecule has 15 heavy (non-hydrogen) atoms. The predicted molar refractivity (Wildman–Crippen MR) is 62.0 cm³/mol. The summed E-state index contributed by atoms with van der Waals surface area (Å²) in [5.41, 5.74) is 0. The van der Waals surface area contributed by atoms with Crippen LogP contribution in [0.3, 0.4) is 0 Å². The molecule has 0 aromatic carbocycles. The lowest BCUT2D eigenvalue weighted by molar-refractivity contribution is 0.133. The number of hydrogen-bond acceptors (Lipinski definition) is 2. The quantitative estimate of drug-likeness (QED) is 0.763. The fourth-order valence-corrected chi connectivity index (χ4v) is 1.89. The third kappa shape index (κ3) is 3.09. The summed E-state index contributed by atoms with van der Waals surface area (Å²) in [6, 6.07) is 0.547. The zero-order chi connectivity index (χ0) is 11.3. The topological polar surface area (TPSA) is 35.6 Å². The van der Waals surface area contributed by atoms with Gasteiger partial charge in [-0.2, -0.15) is 0 Å². The van der Waals surface area contributed by atoms with Crippen LogP contribution >= 0.6 is 0 Å². The maximum atomic E-state index is 12.2. The number of carbonyl (C=O) groups is 1. The summed E-state index contributed by atoms with van der Waals surface area (Å²) in [6.07, 6.45) is 1.02. The van der Waals surface area contributed by atoms with Gasteiger partial charge in [0.1, 0.15) is 0 Å². The van der Waals surface area contributed by atoms with Crippen molar-refractivity contribution in [1.29, 1.82) is 0 Å². The Morgan fingerprint density at radius 1 is 1.40 bits per heavy atom. The highest BCUT2D eigenvalue weighted by Crippen LogP contribution is 2.08. The van der Waals surface area contributed by atoms with Crippen molar-refractivity contribution in [3.63, 3.8) is 0 Å². The van der Waals surface area contributed by atoms with E-state index in [-0.39, 0.29) is 6.03 Å². The van der Waals surface area contributed by atoms with Crippen molar-refractivity contribution in [1.82, 2.24) is 15.1 Å². The fourth-order valence-electron chi connectivity index (χ4n) is 1.89. The van der Waals surface area contributed by atoms with Gasteiger partial charge in [-0.1, -0.05) is 6.92 Å². The normalized spacial score (nSPS) is 18.7. The molecule has 0 radical (unpaired) electrons. The Kier molecular flexibility index (Phi) is 4.88. The molecule has 4 nitrogen and oxygen atoms in total. The summed E-state index contributed by atoms with van der Waals surface area (Å²) >= 11 is 0. The summed E-state index contributed by atoms with van der Waals surface area (Å²) < 4.78 is 0. The maximum Gasteiger partial charge on any atom is 0.320 e. The Balaban J connectivity index is 2.54. The highest BCUT2D eigenvalue weighted by atomic mass is 16.2. The standard InChI is InChI=1S/C11H23N3O/c1-4-10(3)14(5-2)11(15)13-8-6-12-7-9-13/h10,12H,4-9H2,1-3H3. The van der Waals surface area contributed by atoms with Gasteiger partial charge in [0.2, 0.25) is 0 Å². The van der Waals surface area contributed by atoms with Gasteiger partial charge in [-0.05, 0) is 20.3 Å². The zero-order valence-electron chi connectivity index (χ0n) is 10.1. The molecule has 0 bridgehead atoms. The summed E-state index contributed by atoms with van der Waals surface area (Å²) in [5.74, 6) is 0. The molecule has 0 saturated carbocycles. The molecule has 1 heterocycles. The summed E-state index contributed by atoms with van der Waals surface area (Å²) in [7, 11) is 0. The van der Waals surface area contributed by atoms with Crippen molar-refractivity contribution in [3.8, 4) is 0 Å². The number of carbonyl (C=O) groups excluding carboxylic acids is 1. The van der Waals surface area contributed by atoms with Gasteiger partial charge in [-0.25, -0.2) is 4.79 Å². The lowest BCUT2D eigenvalue weighted by atomic mass is 10.2. The van der Waals surface area contributed by atoms with Gasteiger partial charge >= 0.3 is 6.03 Å². The number of nitrogens with zero attached hydrogens (tertiary/aromatic N) is 2. The number of hydrogen-bond donors (Lipinski definition) is 1. The molecule has 1 rings (SSSR count). The summed E-state index contributed by atoms with van der Waals surface area (Å²) in [6.45, 7) is 10.6. The van der Waals surface area contributed by atoms with Crippen LogP contribution in [0.2, 0.25) is 0 Å². The van der Waals surface area contributed by atoms with E-state index in [1.54, 1.807) is 0 Å². The van der Waals surface area contributed by atoms with E-state index in [1.807, 2.05) is 16.7 Å². The number of nitrogens with one attached hydrogen (secondary N) is 1. The lowest BCUT2D eigenvalue weighted by Crippen LogP contribution is -2.53. The first-order chi connectivity index (χ1) is 7.20. The molecule has 0 aromatic heterocycles. The van der Waals surface area contributed by atoms with E-state index in [9.17, 15) is 4.79 Å². The van der Waals surface area contributed by atoms with E-state index in [1.165, 1.54) is 0 Å². The first-order valence-electron chi connectivity index (χ1n) is 5.97. The van der Waals surface area contributed by atoms with Gasteiger partial charge in [0.25, 0.3) is 0 Å². The van der Waals surface area contributed by atoms with Crippen molar-refractivity contribution in [2.75, 3.05) is 32.7 Å². The molecule has 1 unspecified atom stereocenters. The van der Waals surface area contributed by atoms with Crippen LogP contribution in [0.25, 0.3) is 0 Å². The van der Waals surface area contributed by atoms with Crippen LogP contribution in [-0.4, -0.2) is 54.6 Å². The molecule has 2 amide bonds. The van der Waals surface area contributed by atoms with Gasteiger partial charge in [-0.3, -0.25) is 0 Å². The second-order valence-corrected chi connectivity index (χ2v) is 4.06. The fraction of sp³-hybridized carbons (Fsp3) is 0.909. The van der Waals surface area contributed by atoms with Crippen molar-refractivity contribution in [2.45, 2.75) is 33.2 Å². The van der Waals surface area contributed by atoms with Crippen molar-refractivity contribution >= 4 is 6.03 Å². The van der Waals surface area contributed by atoms with Crippen LogP contribution in [0.15, 0.2) is 0 Å². The number of amides is 2. The predicted octanol–water partition coefficient (Wildman–Crippen LogP) is 1.13. The van der Waals surface area contributed by atoms with E-state index in [0.29, 0.717) is 6.04 Å². The molecule has 1 aliphatic heterocycles. The summed E-state index contributed by atoms with van der Waals surface area (Å²) in [5, 5.41) is 3.26. The molecular weight excluding hydrogens is 190 g/mol. The van der Waals surface area contributed by atoms with Crippen molar-refractivity contribution in [3.05, 3.63) is 0 Å². The minimum absolute atomic E-state index is 0.202. The smallest absolute Gasteiger partial charge is 0.320 e. The Labute approximate surface area is 92.6 Å². The number of rotatable bonds is 3. The Morgan fingerprint density at radius 3 is 2.47 bits per heavy atom. The monoisotopic (exact) mass is 213 g/mol. The molecule has 0 spiro atoms. The van der Waals surface area contributed by atoms with Crippen molar-refractivity contribution < 1.29 is 4.79 Å². The zero-order valence-corrected chi connectivity index (χ0v) is 10.1. The Hall–Kier alpha value is -0.770. The third-order valence-electron chi connectivity index (χ3n) is 3.10. The van der Waals surface area contributed by atoms with Crippen molar-refractivity contribution in [2.24, 2.45) is 0 Å². The second kappa shape index (κ2) is 5.95. The molecule has 88 valence electrons. The Morgan fingerprint density at radius 2 is 2.00 bits per heavy atom. The summed E-state index contributed by atoms with van der Waals surface area (Å²) in [4.78, 5) is 16.1. The highest BCUT2D eigenvalue weighted by molar-refractivity contribution is 5.74. The maximum absolute atomic E-state index is 12.2. The minimum Gasteiger partial charge on any atom is -0.322 e. The van der Waals surface area contributed by atoms with E-state index < -0.39 is 0 Å². The molecule has 0 aromatic rings. The van der Waals surface area contributed by atoms with Gasteiger partial charge in [-0.15, -0.1) is 0 Å². The van der Waals surface area contributed by atoms with Gasteiger partial charge in [0.15, 0.2) is 0 Å². The molecule has 1 aliphatic rings. The van der Waals surface area contributed by atoms with Crippen LogP contribution in [0.5, 0.6) is 0 Å². The van der Waals surface area contributed by atoms with E-state index >= 15 is 0 Å². The van der Waals surface area contributed by atoms with Crippen LogP contribution in [-0.2, 0) is 0 Å².